The van der Waals surface area contributed by atoms with Gasteiger partial charge in [0.1, 0.15) is 5.82 Å². The highest BCUT2D eigenvalue weighted by Crippen LogP contribution is 2.38. The number of benzene rings is 2. The molecule has 0 spiro atoms. The highest BCUT2D eigenvalue weighted by Gasteiger charge is 2.20. The van der Waals surface area contributed by atoms with Crippen molar-refractivity contribution in [3.05, 3.63) is 66.1 Å². The number of nitrogens with zero attached hydrogens (tertiary/aromatic N) is 1. The Morgan fingerprint density at radius 2 is 1.80 bits per heavy atom. The molecule has 0 saturated heterocycles. The van der Waals surface area contributed by atoms with Gasteiger partial charge in [-0.25, -0.2) is 4.39 Å². The van der Waals surface area contributed by atoms with E-state index < -0.39 is 18.2 Å². The van der Waals surface area contributed by atoms with Crippen LogP contribution in [0.25, 0.3) is 28.1 Å². The summed E-state index contributed by atoms with van der Waals surface area (Å²) in [6.07, 6.45) is 4.25. The lowest BCUT2D eigenvalue weighted by Crippen LogP contribution is -2.21. The van der Waals surface area contributed by atoms with Crippen LogP contribution in [0.5, 0.6) is 0 Å². The first kappa shape index (κ1) is 26.6. The molecule has 1 aromatic heterocycles. The average Bonchev–Trinajstić information content (AvgIpc) is 3.15. The van der Waals surface area contributed by atoms with E-state index in [2.05, 4.69) is 25.3 Å². The van der Waals surface area contributed by atoms with Gasteiger partial charge in [-0.3, -0.25) is 4.79 Å². The number of fused-ring (bicyclic) bond motifs is 1. The van der Waals surface area contributed by atoms with E-state index in [9.17, 15) is 19.4 Å². The Kier molecular flexibility index (Phi) is 9.64. The Morgan fingerprint density at radius 3 is 2.49 bits per heavy atom. The number of ether oxygens (including phenoxy) is 1. The highest BCUT2D eigenvalue weighted by atomic mass is 19.1. The van der Waals surface area contributed by atoms with Crippen LogP contribution in [0.4, 0.5) is 4.39 Å². The molecule has 3 aromatic rings. The normalized spacial score (nSPS) is 13.6. The second-order valence-corrected chi connectivity index (χ2v) is 9.20. The molecule has 0 aliphatic rings. The smallest absolute Gasteiger partial charge is 0.308 e. The molecule has 1 heterocycles. The fourth-order valence-corrected chi connectivity index (χ4v) is 4.36. The third-order valence-corrected chi connectivity index (χ3v) is 6.00. The number of aliphatic hydroxyl groups excluding tert-OH is 2. The van der Waals surface area contributed by atoms with Gasteiger partial charge in [0.2, 0.25) is 0 Å². The van der Waals surface area contributed by atoms with Crippen molar-refractivity contribution >= 4 is 22.9 Å². The number of unbranched alkanes of at least 4 members (excludes halogenated alkanes) is 2. The van der Waals surface area contributed by atoms with Crippen molar-refractivity contribution in [2.24, 2.45) is 0 Å². The van der Waals surface area contributed by atoms with E-state index in [-0.39, 0.29) is 24.7 Å². The third-order valence-electron chi connectivity index (χ3n) is 6.00. The molecule has 2 aromatic carbocycles. The maximum atomic E-state index is 13.6. The molecular formula is C29H36FNO4. The zero-order chi connectivity index (χ0) is 25.4. The van der Waals surface area contributed by atoms with Crippen LogP contribution in [0, 0.1) is 5.82 Å². The fraction of sp³-hybridized carbons (Fsp3) is 0.414. The monoisotopic (exact) mass is 481 g/mol. The summed E-state index contributed by atoms with van der Waals surface area (Å²) in [6.45, 7) is 6.60. The number of aromatic nitrogens is 1. The van der Waals surface area contributed by atoms with Gasteiger partial charge in [-0.2, -0.15) is 0 Å². The maximum absolute atomic E-state index is 13.6. The van der Waals surface area contributed by atoms with Crippen molar-refractivity contribution in [2.45, 2.75) is 71.1 Å². The molecule has 0 radical (unpaired) electrons. The van der Waals surface area contributed by atoms with Gasteiger partial charge in [-0.05, 0) is 50.1 Å². The van der Waals surface area contributed by atoms with Gasteiger partial charge in [0, 0.05) is 34.6 Å². The minimum atomic E-state index is -0.999. The van der Waals surface area contributed by atoms with Gasteiger partial charge in [-0.15, -0.1) is 0 Å². The molecule has 0 aliphatic heterocycles. The van der Waals surface area contributed by atoms with Gasteiger partial charge in [0.15, 0.2) is 0 Å². The molecule has 0 fully saturated rings. The van der Waals surface area contributed by atoms with Crippen LogP contribution in [-0.4, -0.2) is 39.6 Å². The van der Waals surface area contributed by atoms with E-state index in [1.165, 1.54) is 12.1 Å². The highest BCUT2D eigenvalue weighted by molar-refractivity contribution is 6.01. The number of esters is 1. The predicted molar refractivity (Wildman–Crippen MR) is 138 cm³/mol. The number of halogens is 1. The zero-order valence-corrected chi connectivity index (χ0v) is 20.8. The SMILES string of the molecule is CCCCCOC(=O)CC(O)CC(O)C=Cc1c(-c2ccc(F)cc2)c2ccccc2n1C(C)C. The second-order valence-electron chi connectivity index (χ2n) is 9.20. The van der Waals surface area contributed by atoms with Gasteiger partial charge < -0.3 is 19.5 Å². The van der Waals surface area contributed by atoms with Crippen LogP contribution in [0.15, 0.2) is 54.6 Å². The topological polar surface area (TPSA) is 71.7 Å². The first-order valence-corrected chi connectivity index (χ1v) is 12.4. The standard InChI is InChI=1S/C29H36FNO4/c1-4-5-8-17-35-28(34)19-24(33)18-23(32)15-16-27-29(21-11-13-22(30)14-12-21)25-9-6-7-10-26(25)31(27)20(2)3/h6-7,9-16,20,23-24,32-33H,4-5,8,17-19H2,1-3H3. The van der Waals surface area contributed by atoms with Crippen LogP contribution in [0.2, 0.25) is 0 Å². The number of rotatable bonds is 12. The Morgan fingerprint density at radius 1 is 1.09 bits per heavy atom. The number of hydrogen-bond donors (Lipinski definition) is 2. The summed E-state index contributed by atoms with van der Waals surface area (Å²) >= 11 is 0. The third kappa shape index (κ3) is 7.03. The second kappa shape index (κ2) is 12.7. The van der Waals surface area contributed by atoms with Crippen molar-refractivity contribution in [3.8, 4) is 11.1 Å². The van der Waals surface area contributed by atoms with Crippen molar-refractivity contribution in [1.82, 2.24) is 4.57 Å². The Bertz CT molecular complexity index is 1130. The molecule has 188 valence electrons. The van der Waals surface area contributed by atoms with Crippen molar-refractivity contribution in [1.29, 1.82) is 0 Å². The van der Waals surface area contributed by atoms with Crippen LogP contribution in [-0.2, 0) is 9.53 Å². The van der Waals surface area contributed by atoms with Gasteiger partial charge in [0.05, 0.1) is 25.2 Å². The summed E-state index contributed by atoms with van der Waals surface area (Å²) in [7, 11) is 0. The summed E-state index contributed by atoms with van der Waals surface area (Å²) in [6, 6.07) is 14.6. The minimum Gasteiger partial charge on any atom is -0.466 e. The van der Waals surface area contributed by atoms with Crippen molar-refractivity contribution < 1.29 is 24.1 Å². The van der Waals surface area contributed by atoms with Crippen LogP contribution in [0.3, 0.4) is 0 Å². The molecule has 0 amide bonds. The van der Waals surface area contributed by atoms with Crippen LogP contribution >= 0.6 is 0 Å². The van der Waals surface area contributed by atoms with Crippen LogP contribution in [0.1, 0.15) is 64.6 Å². The molecule has 35 heavy (non-hydrogen) atoms. The Hall–Kier alpha value is -2.96. The molecular weight excluding hydrogens is 445 g/mol. The molecule has 5 nitrogen and oxygen atoms in total. The summed E-state index contributed by atoms with van der Waals surface area (Å²) < 4.78 is 20.9. The number of aliphatic hydroxyl groups is 2. The molecule has 3 rings (SSSR count). The van der Waals surface area contributed by atoms with Gasteiger partial charge >= 0.3 is 5.97 Å². The number of para-hydroxylation sites is 1. The summed E-state index contributed by atoms with van der Waals surface area (Å²) in [5, 5.41) is 21.9. The van der Waals surface area contributed by atoms with E-state index in [4.69, 9.17) is 4.74 Å². The summed E-state index contributed by atoms with van der Waals surface area (Å²) in [5.74, 6) is -0.755. The maximum Gasteiger partial charge on any atom is 0.308 e. The van der Waals surface area contributed by atoms with E-state index in [1.807, 2.05) is 30.3 Å². The lowest BCUT2D eigenvalue weighted by atomic mass is 10.0. The lowest BCUT2D eigenvalue weighted by Gasteiger charge is -2.15. The molecule has 2 unspecified atom stereocenters. The first-order valence-electron chi connectivity index (χ1n) is 12.4. The van der Waals surface area contributed by atoms with E-state index in [0.29, 0.717) is 6.61 Å². The summed E-state index contributed by atoms with van der Waals surface area (Å²) in [5.41, 5.74) is 3.76. The van der Waals surface area contributed by atoms with Crippen molar-refractivity contribution in [3.63, 3.8) is 0 Å². The molecule has 0 bridgehead atoms. The number of carbonyl (C=O) groups is 1. The molecule has 2 N–H and O–H groups in total. The zero-order valence-electron chi connectivity index (χ0n) is 20.8. The Labute approximate surface area is 206 Å². The van der Waals surface area contributed by atoms with E-state index in [0.717, 1.165) is 47.0 Å². The van der Waals surface area contributed by atoms with Crippen LogP contribution < -0.4 is 0 Å². The van der Waals surface area contributed by atoms with Crippen molar-refractivity contribution in [2.75, 3.05) is 6.61 Å². The lowest BCUT2D eigenvalue weighted by molar-refractivity contribution is -0.146. The largest absolute Gasteiger partial charge is 0.466 e. The number of carbonyl (C=O) groups excluding carboxylic acids is 1. The average molecular weight is 482 g/mol. The quantitative estimate of drug-likeness (QED) is 0.236. The number of hydrogen-bond acceptors (Lipinski definition) is 4. The van der Waals surface area contributed by atoms with Gasteiger partial charge in [-0.1, -0.05) is 56.2 Å². The van der Waals surface area contributed by atoms with Gasteiger partial charge in [0.25, 0.3) is 0 Å². The minimum absolute atomic E-state index is 0.0222. The van der Waals surface area contributed by atoms with E-state index >= 15 is 0 Å². The Balaban J connectivity index is 1.81. The molecule has 2 atom stereocenters. The molecule has 6 heteroatoms. The van der Waals surface area contributed by atoms with E-state index in [1.54, 1.807) is 18.2 Å². The molecule has 0 aliphatic carbocycles. The summed E-state index contributed by atoms with van der Waals surface area (Å²) in [4.78, 5) is 11.9. The molecule has 0 saturated carbocycles. The first-order chi connectivity index (χ1) is 16.8. The predicted octanol–water partition coefficient (Wildman–Crippen LogP) is 6.28. The fourth-order valence-electron chi connectivity index (χ4n) is 4.36.